The number of carboxylic acids is 1. The Morgan fingerprint density at radius 3 is 2.54 bits per heavy atom. The maximum absolute atomic E-state index is 13.7. The molecule has 0 radical (unpaired) electrons. The van der Waals surface area contributed by atoms with Crippen LogP contribution in [0.15, 0.2) is 58.4 Å². The maximum Gasteiger partial charge on any atom is 0.344 e. The van der Waals surface area contributed by atoms with E-state index in [-0.39, 0.29) is 28.1 Å². The molecule has 212 valence electrons. The van der Waals surface area contributed by atoms with Gasteiger partial charge < -0.3 is 14.6 Å². The van der Waals surface area contributed by atoms with Crippen molar-refractivity contribution in [2.75, 3.05) is 7.11 Å². The van der Waals surface area contributed by atoms with Crippen LogP contribution < -0.4 is 15.0 Å². The molecule has 0 aliphatic rings. The molecule has 4 rings (SSSR count). The van der Waals surface area contributed by atoms with E-state index in [0.717, 1.165) is 28.1 Å². The number of nitrogens with zero attached hydrogens (tertiary/aromatic N) is 4. The van der Waals surface area contributed by atoms with Gasteiger partial charge in [0.25, 0.3) is 5.56 Å². The van der Waals surface area contributed by atoms with Crippen LogP contribution in [0.5, 0.6) is 11.5 Å². The highest BCUT2D eigenvalue weighted by molar-refractivity contribution is 6.31. The minimum atomic E-state index is -1.42. The number of rotatable bonds is 9. The number of aryl methyl sites for hydroxylation is 1. The van der Waals surface area contributed by atoms with Gasteiger partial charge in [0.1, 0.15) is 5.75 Å². The average molecular weight is 579 g/mol. The average Bonchev–Trinajstić information content (AvgIpc) is 2.92. The van der Waals surface area contributed by atoms with Crippen LogP contribution in [0.4, 0.5) is 5.69 Å². The van der Waals surface area contributed by atoms with E-state index in [1.165, 1.54) is 13.0 Å². The molecular formula is C29H27ClN4O7. The first-order chi connectivity index (χ1) is 19.4. The number of halogens is 1. The van der Waals surface area contributed by atoms with E-state index in [2.05, 4.69) is 5.10 Å². The summed E-state index contributed by atoms with van der Waals surface area (Å²) in [7, 11) is 1.59. The predicted octanol–water partition coefficient (Wildman–Crippen LogP) is 5.80. The third-order valence-corrected chi connectivity index (χ3v) is 6.63. The lowest BCUT2D eigenvalue weighted by Gasteiger charge is -2.17. The van der Waals surface area contributed by atoms with Crippen LogP contribution in [0.2, 0.25) is 5.02 Å². The molecule has 0 bridgehead atoms. The van der Waals surface area contributed by atoms with Gasteiger partial charge in [0.2, 0.25) is 5.75 Å². The summed E-state index contributed by atoms with van der Waals surface area (Å²) in [6, 6.07) is 12.9. The zero-order chi connectivity index (χ0) is 30.0. The number of nitro benzene ring substituents is 1. The molecule has 1 aromatic heterocycles. The van der Waals surface area contributed by atoms with Crippen molar-refractivity contribution in [3.8, 4) is 22.9 Å². The number of aliphatic carboxylic acids is 1. The highest BCUT2D eigenvalue weighted by atomic mass is 35.5. The van der Waals surface area contributed by atoms with Crippen molar-refractivity contribution in [2.24, 2.45) is 5.10 Å². The number of carbonyl (C=O) groups is 1. The third-order valence-electron chi connectivity index (χ3n) is 6.41. The zero-order valence-electron chi connectivity index (χ0n) is 22.9. The highest BCUT2D eigenvalue weighted by Gasteiger charge is 2.25. The molecule has 0 aliphatic carbocycles. The third kappa shape index (κ3) is 5.90. The van der Waals surface area contributed by atoms with Gasteiger partial charge in [-0.3, -0.25) is 14.9 Å². The first-order valence-corrected chi connectivity index (χ1v) is 12.9. The normalized spacial score (nSPS) is 12.2. The van der Waals surface area contributed by atoms with E-state index in [1.54, 1.807) is 31.4 Å². The first kappa shape index (κ1) is 29.2. The van der Waals surface area contributed by atoms with Crippen molar-refractivity contribution >= 4 is 40.4 Å². The van der Waals surface area contributed by atoms with Crippen LogP contribution >= 0.6 is 11.6 Å². The van der Waals surface area contributed by atoms with Crippen LogP contribution in [0.25, 0.3) is 22.3 Å². The summed E-state index contributed by atoms with van der Waals surface area (Å²) < 4.78 is 12.1. The molecule has 0 saturated carbocycles. The smallest absolute Gasteiger partial charge is 0.344 e. The Labute approximate surface area is 239 Å². The lowest BCUT2D eigenvalue weighted by molar-refractivity contribution is -0.386. The van der Waals surface area contributed by atoms with E-state index < -0.39 is 28.2 Å². The van der Waals surface area contributed by atoms with Crippen LogP contribution in [0.1, 0.15) is 43.4 Å². The monoisotopic (exact) mass is 578 g/mol. The van der Waals surface area contributed by atoms with Gasteiger partial charge in [-0.15, -0.1) is 0 Å². The number of nitro groups is 1. The fourth-order valence-electron chi connectivity index (χ4n) is 4.28. The summed E-state index contributed by atoms with van der Waals surface area (Å²) in [5.41, 5.74) is 1.72. The first-order valence-electron chi connectivity index (χ1n) is 12.5. The molecule has 0 aliphatic heterocycles. The molecule has 1 atom stereocenters. The summed E-state index contributed by atoms with van der Waals surface area (Å²) in [5, 5.41) is 25.8. The van der Waals surface area contributed by atoms with Gasteiger partial charge in [-0.25, -0.2) is 9.78 Å². The van der Waals surface area contributed by atoms with E-state index >= 15 is 0 Å². The van der Waals surface area contributed by atoms with Crippen molar-refractivity contribution in [2.45, 2.75) is 39.7 Å². The molecule has 3 aromatic carbocycles. The summed E-state index contributed by atoms with van der Waals surface area (Å²) in [6.45, 7) is 7.12. The molecule has 11 nitrogen and oxygen atoms in total. The number of fused-ring (bicyclic) bond motifs is 1. The molecule has 41 heavy (non-hydrogen) atoms. The Bertz CT molecular complexity index is 1760. The van der Waals surface area contributed by atoms with Crippen LogP contribution in [-0.4, -0.2) is 45.1 Å². The molecule has 1 heterocycles. The minimum absolute atomic E-state index is 0.00219. The number of carboxylic acid groups (broad SMARTS) is 1. The van der Waals surface area contributed by atoms with Gasteiger partial charge in [0, 0.05) is 22.2 Å². The molecule has 12 heteroatoms. The Morgan fingerprint density at radius 1 is 1.20 bits per heavy atom. The molecule has 0 spiro atoms. The molecule has 0 amide bonds. The molecule has 0 saturated heterocycles. The molecular weight excluding hydrogens is 552 g/mol. The standard InChI is InChI=1S/C29H27ClN4O7/c1-15(2)21-13-22(16(3)10-25(21)40-5)27-32-23-9-7-6-8-20(23)28(35)33(27)31-14-18-11-19(30)12-24(34(38)39)26(18)41-17(4)29(36)37/h6-15,17H,1-5H3,(H,36,37)/t17-/m0/s1. The van der Waals surface area contributed by atoms with Crippen molar-refractivity contribution in [3.63, 3.8) is 0 Å². The Kier molecular flexibility index (Phi) is 8.39. The number of para-hydroxylation sites is 1. The van der Waals surface area contributed by atoms with Crippen molar-refractivity contribution < 1.29 is 24.3 Å². The highest BCUT2D eigenvalue weighted by Crippen LogP contribution is 2.36. The fraction of sp³-hybridized carbons (Fsp3) is 0.241. The summed E-state index contributed by atoms with van der Waals surface area (Å²) in [4.78, 5) is 41.0. The Hall–Kier alpha value is -4.77. The minimum Gasteiger partial charge on any atom is -0.496 e. The fourth-order valence-corrected chi connectivity index (χ4v) is 4.50. The number of hydrogen-bond donors (Lipinski definition) is 1. The van der Waals surface area contributed by atoms with Gasteiger partial charge in [-0.2, -0.15) is 9.78 Å². The topological polar surface area (TPSA) is 146 Å². The van der Waals surface area contributed by atoms with Crippen molar-refractivity contribution in [3.05, 3.63) is 90.7 Å². The lowest BCUT2D eigenvalue weighted by Crippen LogP contribution is -2.24. The van der Waals surface area contributed by atoms with Crippen LogP contribution in [0, 0.1) is 17.0 Å². The number of hydrogen-bond acceptors (Lipinski definition) is 8. The van der Waals surface area contributed by atoms with Crippen LogP contribution in [-0.2, 0) is 4.79 Å². The predicted molar refractivity (Wildman–Crippen MR) is 156 cm³/mol. The van der Waals surface area contributed by atoms with Crippen molar-refractivity contribution in [1.82, 2.24) is 9.66 Å². The molecule has 1 N–H and O–H groups in total. The van der Waals surface area contributed by atoms with E-state index in [9.17, 15) is 24.8 Å². The number of methoxy groups -OCH3 is 1. The van der Waals surface area contributed by atoms with Gasteiger partial charge in [-0.05, 0) is 61.2 Å². The summed E-state index contributed by atoms with van der Waals surface area (Å²) in [5.74, 6) is -0.671. The zero-order valence-corrected chi connectivity index (χ0v) is 23.7. The Balaban J connectivity index is 2.01. The number of benzene rings is 3. The quantitative estimate of drug-likeness (QED) is 0.149. The Morgan fingerprint density at radius 2 is 1.90 bits per heavy atom. The summed E-state index contributed by atoms with van der Waals surface area (Å²) in [6.07, 6.45) is -0.258. The second-order valence-electron chi connectivity index (χ2n) is 9.58. The second-order valence-corrected chi connectivity index (χ2v) is 10.0. The van der Waals surface area contributed by atoms with Gasteiger partial charge in [-0.1, -0.05) is 37.6 Å². The largest absolute Gasteiger partial charge is 0.496 e. The number of aromatic nitrogens is 2. The van der Waals surface area contributed by atoms with Crippen molar-refractivity contribution in [1.29, 1.82) is 0 Å². The van der Waals surface area contributed by atoms with E-state index in [0.29, 0.717) is 22.2 Å². The maximum atomic E-state index is 13.7. The van der Waals surface area contributed by atoms with Gasteiger partial charge in [0.05, 0.1) is 29.2 Å². The molecule has 4 aromatic rings. The summed E-state index contributed by atoms with van der Waals surface area (Å²) >= 11 is 6.15. The second kappa shape index (κ2) is 11.8. The molecule has 0 fully saturated rings. The lowest BCUT2D eigenvalue weighted by atomic mass is 9.96. The van der Waals surface area contributed by atoms with Gasteiger partial charge in [0.15, 0.2) is 11.9 Å². The van der Waals surface area contributed by atoms with Crippen LogP contribution in [0.3, 0.4) is 0 Å². The number of ether oxygens (including phenoxy) is 2. The SMILES string of the molecule is COc1cc(C)c(-c2nc3ccccc3c(=O)n2N=Cc2cc(Cl)cc([N+](=O)[O-])c2O[C@@H](C)C(=O)O)cc1C(C)C. The van der Waals surface area contributed by atoms with E-state index in [4.69, 9.17) is 26.1 Å². The van der Waals surface area contributed by atoms with E-state index in [1.807, 2.05) is 32.9 Å². The molecule has 0 unspecified atom stereocenters. The van der Waals surface area contributed by atoms with Gasteiger partial charge >= 0.3 is 11.7 Å².